The van der Waals surface area contributed by atoms with Gasteiger partial charge < -0.3 is 5.32 Å². The fourth-order valence-corrected chi connectivity index (χ4v) is 2.07. The Morgan fingerprint density at radius 3 is 2.53 bits per heavy atom. The third-order valence-electron chi connectivity index (χ3n) is 3.02. The van der Waals surface area contributed by atoms with E-state index in [9.17, 15) is 0 Å². The van der Waals surface area contributed by atoms with Crippen LogP contribution in [0, 0.1) is 5.41 Å². The van der Waals surface area contributed by atoms with E-state index in [0.717, 1.165) is 31.8 Å². The minimum Gasteiger partial charge on any atom is -0.316 e. The van der Waals surface area contributed by atoms with E-state index in [1.165, 1.54) is 12.0 Å². The molecule has 1 nitrogen and oxygen atoms in total. The Balaban J connectivity index is 2.15. The Morgan fingerprint density at radius 2 is 1.88 bits per heavy atom. The lowest BCUT2D eigenvalue weighted by atomic mass is 9.88. The molecule has 96 valence electrons. The van der Waals surface area contributed by atoms with Crippen LogP contribution in [-0.2, 0) is 6.42 Å². The molecule has 17 heavy (non-hydrogen) atoms. The van der Waals surface area contributed by atoms with E-state index < -0.39 is 0 Å². The maximum absolute atomic E-state index is 5.73. The number of alkyl halides is 1. The first-order chi connectivity index (χ1) is 8.14. The molecule has 0 spiro atoms. The minimum atomic E-state index is 0.353. The third kappa shape index (κ3) is 6.70. The predicted molar refractivity (Wildman–Crippen MR) is 76.8 cm³/mol. The van der Waals surface area contributed by atoms with Gasteiger partial charge >= 0.3 is 0 Å². The van der Waals surface area contributed by atoms with Crippen LogP contribution in [0.15, 0.2) is 30.3 Å². The second-order valence-electron chi connectivity index (χ2n) is 5.37. The number of nitrogens with one attached hydrogen (secondary N) is 1. The average molecular weight is 254 g/mol. The quantitative estimate of drug-likeness (QED) is 0.548. The lowest BCUT2D eigenvalue weighted by Crippen LogP contribution is -2.30. The predicted octanol–water partition coefficient (Wildman–Crippen LogP) is 3.86. The van der Waals surface area contributed by atoms with Gasteiger partial charge in [0.15, 0.2) is 0 Å². The molecule has 0 saturated carbocycles. The van der Waals surface area contributed by atoms with Gasteiger partial charge in [0.1, 0.15) is 0 Å². The van der Waals surface area contributed by atoms with Crippen LogP contribution in [-0.4, -0.2) is 19.0 Å². The summed E-state index contributed by atoms with van der Waals surface area (Å²) in [6, 6.07) is 10.6. The molecule has 0 fully saturated rings. The maximum Gasteiger partial charge on any atom is 0.0223 e. The molecule has 1 aromatic carbocycles. The molecule has 0 aliphatic heterocycles. The highest BCUT2D eigenvalue weighted by Crippen LogP contribution is 2.21. The van der Waals surface area contributed by atoms with E-state index in [1.54, 1.807) is 0 Å². The van der Waals surface area contributed by atoms with E-state index in [0.29, 0.717) is 5.41 Å². The van der Waals surface area contributed by atoms with Crippen molar-refractivity contribution < 1.29 is 0 Å². The Hall–Kier alpha value is -0.530. The largest absolute Gasteiger partial charge is 0.316 e. The van der Waals surface area contributed by atoms with Crippen molar-refractivity contribution in [3.05, 3.63) is 35.9 Å². The van der Waals surface area contributed by atoms with E-state index in [2.05, 4.69) is 49.5 Å². The lowest BCUT2D eigenvalue weighted by molar-refractivity contribution is 0.313. The molecule has 0 amide bonds. The van der Waals surface area contributed by atoms with Crippen LogP contribution in [0.1, 0.15) is 32.3 Å². The van der Waals surface area contributed by atoms with Crippen LogP contribution in [0.3, 0.4) is 0 Å². The maximum atomic E-state index is 5.73. The average Bonchev–Trinajstić information content (AvgIpc) is 2.34. The summed E-state index contributed by atoms with van der Waals surface area (Å²) < 4.78 is 0. The standard InChI is InChI=1S/C15H24ClN/c1-15(2,10-6-11-16)13-17-12-9-14-7-4-3-5-8-14/h3-5,7-8,17H,6,9-13H2,1-2H3. The zero-order chi connectivity index (χ0) is 12.6. The van der Waals surface area contributed by atoms with Gasteiger partial charge in [0.05, 0.1) is 0 Å². The van der Waals surface area contributed by atoms with E-state index in [-0.39, 0.29) is 0 Å². The van der Waals surface area contributed by atoms with Crippen LogP contribution < -0.4 is 5.32 Å². The first-order valence-corrected chi connectivity index (χ1v) is 6.98. The Morgan fingerprint density at radius 1 is 1.18 bits per heavy atom. The van der Waals surface area contributed by atoms with Crippen LogP contribution in [0.25, 0.3) is 0 Å². The fraction of sp³-hybridized carbons (Fsp3) is 0.600. The van der Waals surface area contributed by atoms with Gasteiger partial charge in [-0.3, -0.25) is 0 Å². The SMILES string of the molecule is CC(C)(CCCCl)CNCCc1ccccc1. The summed E-state index contributed by atoms with van der Waals surface area (Å²) >= 11 is 5.73. The van der Waals surface area contributed by atoms with Gasteiger partial charge in [-0.2, -0.15) is 0 Å². The van der Waals surface area contributed by atoms with Gasteiger partial charge in [-0.15, -0.1) is 11.6 Å². The smallest absolute Gasteiger partial charge is 0.0223 e. The lowest BCUT2D eigenvalue weighted by Gasteiger charge is -2.24. The first-order valence-electron chi connectivity index (χ1n) is 6.45. The molecule has 2 heteroatoms. The van der Waals surface area contributed by atoms with Crippen molar-refractivity contribution in [3.8, 4) is 0 Å². The number of rotatable bonds is 8. The van der Waals surface area contributed by atoms with E-state index in [4.69, 9.17) is 11.6 Å². The number of hydrogen-bond donors (Lipinski definition) is 1. The topological polar surface area (TPSA) is 12.0 Å². The van der Waals surface area contributed by atoms with Gasteiger partial charge in [0.25, 0.3) is 0 Å². The van der Waals surface area contributed by atoms with Crippen LogP contribution in [0.5, 0.6) is 0 Å². The summed E-state index contributed by atoms with van der Waals surface area (Å²) in [5.74, 6) is 0.771. The molecule has 0 saturated heterocycles. The second kappa shape index (κ2) is 7.73. The van der Waals surface area contributed by atoms with Crippen molar-refractivity contribution >= 4 is 11.6 Å². The van der Waals surface area contributed by atoms with Crippen LogP contribution in [0.4, 0.5) is 0 Å². The molecular formula is C15H24ClN. The molecule has 0 aliphatic carbocycles. The molecule has 0 bridgehead atoms. The molecule has 0 radical (unpaired) electrons. The first kappa shape index (κ1) is 14.5. The molecule has 1 aromatic rings. The highest BCUT2D eigenvalue weighted by Gasteiger charge is 2.16. The third-order valence-corrected chi connectivity index (χ3v) is 3.29. The Labute approximate surface area is 111 Å². The van der Waals surface area contributed by atoms with Crippen molar-refractivity contribution in [2.75, 3.05) is 19.0 Å². The Kier molecular flexibility index (Phi) is 6.61. The van der Waals surface area contributed by atoms with Crippen molar-refractivity contribution in [1.29, 1.82) is 0 Å². The van der Waals surface area contributed by atoms with Crippen molar-refractivity contribution in [2.45, 2.75) is 33.1 Å². The summed E-state index contributed by atoms with van der Waals surface area (Å²) in [7, 11) is 0. The molecule has 0 heterocycles. The van der Waals surface area contributed by atoms with Gasteiger partial charge in [0.2, 0.25) is 0 Å². The minimum absolute atomic E-state index is 0.353. The van der Waals surface area contributed by atoms with E-state index >= 15 is 0 Å². The Bertz CT molecular complexity index is 295. The molecule has 1 rings (SSSR count). The molecule has 0 aromatic heterocycles. The zero-order valence-corrected chi connectivity index (χ0v) is 11.8. The summed E-state index contributed by atoms with van der Waals surface area (Å²) in [5, 5.41) is 3.54. The normalized spacial score (nSPS) is 11.7. The number of benzene rings is 1. The van der Waals surface area contributed by atoms with Gasteiger partial charge in [-0.05, 0) is 36.8 Å². The molecule has 0 atom stereocenters. The molecule has 0 unspecified atom stereocenters. The zero-order valence-electron chi connectivity index (χ0n) is 11.0. The highest BCUT2D eigenvalue weighted by molar-refractivity contribution is 6.17. The van der Waals surface area contributed by atoms with Crippen molar-refractivity contribution in [3.63, 3.8) is 0 Å². The molecular weight excluding hydrogens is 230 g/mol. The summed E-state index contributed by atoms with van der Waals surface area (Å²) in [5.41, 5.74) is 1.75. The van der Waals surface area contributed by atoms with Gasteiger partial charge in [0, 0.05) is 12.4 Å². The van der Waals surface area contributed by atoms with Crippen LogP contribution >= 0.6 is 11.6 Å². The van der Waals surface area contributed by atoms with Gasteiger partial charge in [-0.1, -0.05) is 44.2 Å². The van der Waals surface area contributed by atoms with Gasteiger partial charge in [-0.25, -0.2) is 0 Å². The summed E-state index contributed by atoms with van der Waals surface area (Å²) in [4.78, 5) is 0. The van der Waals surface area contributed by atoms with Crippen molar-refractivity contribution in [2.24, 2.45) is 5.41 Å². The second-order valence-corrected chi connectivity index (χ2v) is 5.75. The van der Waals surface area contributed by atoms with E-state index in [1.807, 2.05) is 0 Å². The molecule has 0 aliphatic rings. The number of hydrogen-bond acceptors (Lipinski definition) is 1. The summed E-state index contributed by atoms with van der Waals surface area (Å²) in [6.07, 6.45) is 3.40. The van der Waals surface area contributed by atoms with Crippen LogP contribution in [0.2, 0.25) is 0 Å². The monoisotopic (exact) mass is 253 g/mol. The number of halogens is 1. The van der Waals surface area contributed by atoms with Crippen molar-refractivity contribution in [1.82, 2.24) is 5.32 Å². The highest BCUT2D eigenvalue weighted by atomic mass is 35.5. The fourth-order valence-electron chi connectivity index (χ4n) is 1.94. The summed E-state index contributed by atoms with van der Waals surface area (Å²) in [6.45, 7) is 6.72. The molecule has 1 N–H and O–H groups in total.